The predicted molar refractivity (Wildman–Crippen MR) is 74.8 cm³/mol. The van der Waals surface area contributed by atoms with Gasteiger partial charge in [-0.3, -0.25) is 9.59 Å². The van der Waals surface area contributed by atoms with Gasteiger partial charge in [-0.2, -0.15) is 0 Å². The second-order valence-corrected chi connectivity index (χ2v) is 4.42. The molecule has 6 heteroatoms. The standard InChI is InChI=1S/C13H17N3O2.ClH/c1-9(14)13(18)16-8-7-15-12(17)11(16)10-5-3-2-4-6-10;/h2-6,9,11H,7-8,14H2,1H3,(H,15,17);1H/t9-,11?;/m0./s1. The van der Waals surface area contributed by atoms with Crippen molar-refractivity contribution in [1.29, 1.82) is 0 Å². The number of hydrogen-bond acceptors (Lipinski definition) is 3. The highest BCUT2D eigenvalue weighted by molar-refractivity contribution is 5.91. The Bertz CT molecular complexity index is 450. The second kappa shape index (κ2) is 6.54. The molecule has 2 rings (SSSR count). The molecule has 1 unspecified atom stereocenters. The number of amides is 2. The summed E-state index contributed by atoms with van der Waals surface area (Å²) in [7, 11) is 0. The van der Waals surface area contributed by atoms with Crippen LogP contribution in [0.3, 0.4) is 0 Å². The Labute approximate surface area is 118 Å². The van der Waals surface area contributed by atoms with E-state index in [1.807, 2.05) is 30.3 Å². The molecule has 1 aromatic rings. The summed E-state index contributed by atoms with van der Waals surface area (Å²) in [5.74, 6) is -0.347. The number of carbonyl (C=O) groups excluding carboxylic acids is 2. The monoisotopic (exact) mass is 283 g/mol. The van der Waals surface area contributed by atoms with Crippen molar-refractivity contribution in [3.63, 3.8) is 0 Å². The Balaban J connectivity index is 0.00000180. The first-order chi connectivity index (χ1) is 8.61. The number of halogens is 1. The van der Waals surface area contributed by atoms with Gasteiger partial charge in [0.1, 0.15) is 6.04 Å². The molecule has 3 N–H and O–H groups in total. The molecule has 0 bridgehead atoms. The van der Waals surface area contributed by atoms with Crippen LogP contribution in [0.5, 0.6) is 0 Å². The second-order valence-electron chi connectivity index (χ2n) is 4.42. The van der Waals surface area contributed by atoms with Crippen molar-refractivity contribution in [1.82, 2.24) is 10.2 Å². The summed E-state index contributed by atoms with van der Waals surface area (Å²) in [4.78, 5) is 25.6. The summed E-state index contributed by atoms with van der Waals surface area (Å²) >= 11 is 0. The molecule has 0 aromatic heterocycles. The van der Waals surface area contributed by atoms with Crippen molar-refractivity contribution in [2.24, 2.45) is 5.73 Å². The van der Waals surface area contributed by atoms with E-state index < -0.39 is 12.1 Å². The van der Waals surface area contributed by atoms with E-state index in [1.54, 1.807) is 11.8 Å². The molecule has 0 spiro atoms. The van der Waals surface area contributed by atoms with E-state index in [-0.39, 0.29) is 24.2 Å². The van der Waals surface area contributed by atoms with Crippen LogP contribution < -0.4 is 11.1 Å². The SMILES string of the molecule is C[C@H](N)C(=O)N1CCNC(=O)C1c1ccccc1.Cl. The minimum atomic E-state index is -0.595. The highest BCUT2D eigenvalue weighted by Crippen LogP contribution is 2.23. The molecule has 1 heterocycles. The lowest BCUT2D eigenvalue weighted by Crippen LogP contribution is -2.55. The van der Waals surface area contributed by atoms with Gasteiger partial charge < -0.3 is 16.0 Å². The van der Waals surface area contributed by atoms with E-state index in [0.29, 0.717) is 13.1 Å². The van der Waals surface area contributed by atoms with Gasteiger partial charge in [-0.05, 0) is 12.5 Å². The molecular weight excluding hydrogens is 266 g/mol. The van der Waals surface area contributed by atoms with Crippen molar-refractivity contribution in [2.45, 2.75) is 19.0 Å². The molecule has 1 saturated heterocycles. The molecule has 1 aromatic carbocycles. The lowest BCUT2D eigenvalue weighted by Gasteiger charge is -2.36. The topological polar surface area (TPSA) is 75.4 Å². The van der Waals surface area contributed by atoms with E-state index in [0.717, 1.165) is 5.56 Å². The van der Waals surface area contributed by atoms with Crippen molar-refractivity contribution in [2.75, 3.05) is 13.1 Å². The highest BCUT2D eigenvalue weighted by atomic mass is 35.5. The zero-order valence-electron chi connectivity index (χ0n) is 10.7. The molecule has 104 valence electrons. The third-order valence-electron chi connectivity index (χ3n) is 3.00. The van der Waals surface area contributed by atoms with Gasteiger partial charge in [0, 0.05) is 13.1 Å². The maximum absolute atomic E-state index is 12.0. The molecule has 2 atom stereocenters. The molecule has 2 amide bonds. The molecule has 1 fully saturated rings. The number of rotatable bonds is 2. The lowest BCUT2D eigenvalue weighted by molar-refractivity contribution is -0.144. The summed E-state index contributed by atoms with van der Waals surface area (Å²) in [6.45, 7) is 2.60. The Morgan fingerprint density at radius 2 is 2.05 bits per heavy atom. The summed E-state index contributed by atoms with van der Waals surface area (Å²) in [5, 5.41) is 2.78. The van der Waals surface area contributed by atoms with Crippen LogP contribution in [0.1, 0.15) is 18.5 Å². The molecular formula is C13H18ClN3O2. The average Bonchev–Trinajstić information content (AvgIpc) is 2.38. The van der Waals surface area contributed by atoms with Gasteiger partial charge in [0.25, 0.3) is 0 Å². The third kappa shape index (κ3) is 3.24. The normalized spacial score (nSPS) is 20.2. The van der Waals surface area contributed by atoms with Crippen molar-refractivity contribution in [3.8, 4) is 0 Å². The zero-order chi connectivity index (χ0) is 13.1. The summed E-state index contributed by atoms with van der Waals surface area (Å²) < 4.78 is 0. The maximum Gasteiger partial charge on any atom is 0.247 e. The number of nitrogens with two attached hydrogens (primary N) is 1. The number of nitrogens with zero attached hydrogens (tertiary/aromatic N) is 1. The molecule has 0 saturated carbocycles. The van der Waals surface area contributed by atoms with Crippen LogP contribution in [0.4, 0.5) is 0 Å². The molecule has 0 aliphatic carbocycles. The van der Waals surface area contributed by atoms with E-state index in [2.05, 4.69) is 5.32 Å². The number of carbonyl (C=O) groups is 2. The first-order valence-corrected chi connectivity index (χ1v) is 6.00. The minimum absolute atomic E-state index is 0. The fourth-order valence-electron chi connectivity index (χ4n) is 2.13. The molecule has 5 nitrogen and oxygen atoms in total. The zero-order valence-corrected chi connectivity index (χ0v) is 11.5. The molecule has 0 radical (unpaired) electrons. The maximum atomic E-state index is 12.0. The van der Waals surface area contributed by atoms with Crippen LogP contribution in [0, 0.1) is 0 Å². The largest absolute Gasteiger partial charge is 0.352 e. The van der Waals surface area contributed by atoms with Crippen LogP contribution >= 0.6 is 12.4 Å². The van der Waals surface area contributed by atoms with Crippen molar-refractivity contribution >= 4 is 24.2 Å². The Hall–Kier alpha value is -1.59. The van der Waals surface area contributed by atoms with Gasteiger partial charge in [-0.15, -0.1) is 12.4 Å². The average molecular weight is 284 g/mol. The van der Waals surface area contributed by atoms with Gasteiger partial charge in [-0.25, -0.2) is 0 Å². The highest BCUT2D eigenvalue weighted by Gasteiger charge is 2.35. The van der Waals surface area contributed by atoms with Crippen LogP contribution in [0.15, 0.2) is 30.3 Å². The van der Waals surface area contributed by atoms with Crippen LogP contribution in [0.25, 0.3) is 0 Å². The predicted octanol–water partition coefficient (Wildman–Crippen LogP) is 0.455. The first kappa shape index (κ1) is 15.5. The van der Waals surface area contributed by atoms with Crippen molar-refractivity contribution in [3.05, 3.63) is 35.9 Å². The quantitative estimate of drug-likeness (QED) is 0.828. The Morgan fingerprint density at radius 3 is 2.63 bits per heavy atom. The van der Waals surface area contributed by atoms with E-state index in [4.69, 9.17) is 5.73 Å². The smallest absolute Gasteiger partial charge is 0.247 e. The summed E-state index contributed by atoms with van der Waals surface area (Å²) in [5.41, 5.74) is 6.44. The Morgan fingerprint density at radius 1 is 1.42 bits per heavy atom. The van der Waals surface area contributed by atoms with Crippen LogP contribution in [-0.4, -0.2) is 35.8 Å². The van der Waals surface area contributed by atoms with E-state index in [9.17, 15) is 9.59 Å². The van der Waals surface area contributed by atoms with Crippen molar-refractivity contribution < 1.29 is 9.59 Å². The first-order valence-electron chi connectivity index (χ1n) is 6.00. The minimum Gasteiger partial charge on any atom is -0.352 e. The third-order valence-corrected chi connectivity index (χ3v) is 3.00. The van der Waals surface area contributed by atoms with Crippen LogP contribution in [0.2, 0.25) is 0 Å². The fourth-order valence-corrected chi connectivity index (χ4v) is 2.13. The molecule has 1 aliphatic heterocycles. The number of benzene rings is 1. The number of nitrogens with one attached hydrogen (secondary N) is 1. The number of piperazine rings is 1. The van der Waals surface area contributed by atoms with E-state index >= 15 is 0 Å². The van der Waals surface area contributed by atoms with Crippen LogP contribution in [-0.2, 0) is 9.59 Å². The number of hydrogen-bond donors (Lipinski definition) is 2. The molecule has 1 aliphatic rings. The fraction of sp³-hybridized carbons (Fsp3) is 0.385. The van der Waals surface area contributed by atoms with Gasteiger partial charge in [0.05, 0.1) is 6.04 Å². The Kier molecular flexibility index (Phi) is 5.32. The molecule has 19 heavy (non-hydrogen) atoms. The lowest BCUT2D eigenvalue weighted by atomic mass is 10.0. The summed E-state index contributed by atoms with van der Waals surface area (Å²) in [6.07, 6.45) is 0. The van der Waals surface area contributed by atoms with Gasteiger partial charge in [0.2, 0.25) is 11.8 Å². The summed E-state index contributed by atoms with van der Waals surface area (Å²) in [6, 6.07) is 8.11. The van der Waals surface area contributed by atoms with Gasteiger partial charge in [0.15, 0.2) is 0 Å². The van der Waals surface area contributed by atoms with E-state index in [1.165, 1.54) is 0 Å². The van der Waals surface area contributed by atoms with Gasteiger partial charge >= 0.3 is 0 Å². The van der Waals surface area contributed by atoms with Gasteiger partial charge in [-0.1, -0.05) is 30.3 Å².